The van der Waals surface area contributed by atoms with E-state index < -0.39 is 11.6 Å². The largest absolute Gasteiger partial charge is 0.397 e. The van der Waals surface area contributed by atoms with Gasteiger partial charge in [-0.3, -0.25) is 9.59 Å². The van der Waals surface area contributed by atoms with Crippen molar-refractivity contribution in [3.8, 4) is 0 Å². The van der Waals surface area contributed by atoms with E-state index in [0.717, 1.165) is 6.08 Å². The van der Waals surface area contributed by atoms with Crippen LogP contribution in [0.25, 0.3) is 0 Å². The number of allylic oxidation sites excluding steroid dienone is 3. The van der Waals surface area contributed by atoms with Gasteiger partial charge in [0.25, 0.3) is 5.78 Å². The van der Waals surface area contributed by atoms with E-state index in [4.69, 9.17) is 11.5 Å². The number of carbonyl (C=O) groups is 2. The summed E-state index contributed by atoms with van der Waals surface area (Å²) in [6.07, 6.45) is 2.42. The highest BCUT2D eigenvalue weighted by Crippen LogP contribution is 2.02. The van der Waals surface area contributed by atoms with Gasteiger partial charge in [-0.1, -0.05) is 0 Å². The Hall–Kier alpha value is -1.58. The van der Waals surface area contributed by atoms with E-state index in [-0.39, 0.29) is 11.4 Å². The van der Waals surface area contributed by atoms with E-state index in [1.807, 2.05) is 0 Å². The molecule has 0 aromatic rings. The molecule has 0 saturated carbocycles. The average molecular weight is 138 g/mol. The fourth-order valence-electron chi connectivity index (χ4n) is 0.595. The molecule has 10 heavy (non-hydrogen) atoms. The molecular weight excluding hydrogens is 132 g/mol. The second-order valence-corrected chi connectivity index (χ2v) is 1.90. The molecule has 1 aliphatic carbocycles. The molecule has 4 nitrogen and oxygen atoms in total. The topological polar surface area (TPSA) is 86.2 Å². The minimum absolute atomic E-state index is 0.157. The lowest BCUT2D eigenvalue weighted by Gasteiger charge is -2.03. The monoisotopic (exact) mass is 138 g/mol. The maximum atomic E-state index is 10.7. The third-order valence-corrected chi connectivity index (χ3v) is 1.19. The zero-order valence-electron chi connectivity index (χ0n) is 5.13. The summed E-state index contributed by atoms with van der Waals surface area (Å²) in [6.45, 7) is 0. The van der Waals surface area contributed by atoms with Crippen molar-refractivity contribution in [1.29, 1.82) is 0 Å². The van der Waals surface area contributed by atoms with Gasteiger partial charge in [-0.25, -0.2) is 0 Å². The highest BCUT2D eigenvalue weighted by molar-refractivity contribution is 6.48. The molecule has 0 aromatic carbocycles. The maximum Gasteiger partial charge on any atom is 0.250 e. The molecule has 1 rings (SSSR count). The van der Waals surface area contributed by atoms with Crippen molar-refractivity contribution in [3.05, 3.63) is 23.5 Å². The Bertz CT molecular complexity index is 263. The number of nitrogens with two attached hydrogens (primary N) is 2. The molecule has 0 bridgehead atoms. The lowest BCUT2D eigenvalue weighted by Crippen LogP contribution is -2.26. The van der Waals surface area contributed by atoms with Crippen LogP contribution in [-0.4, -0.2) is 11.6 Å². The number of ketones is 2. The maximum absolute atomic E-state index is 10.7. The molecule has 4 N–H and O–H groups in total. The van der Waals surface area contributed by atoms with E-state index in [9.17, 15) is 9.59 Å². The van der Waals surface area contributed by atoms with Gasteiger partial charge in [-0.05, 0) is 12.2 Å². The molecule has 0 heterocycles. The van der Waals surface area contributed by atoms with Gasteiger partial charge in [0.15, 0.2) is 0 Å². The Kier molecular flexibility index (Phi) is 1.30. The smallest absolute Gasteiger partial charge is 0.250 e. The van der Waals surface area contributed by atoms with Crippen molar-refractivity contribution in [2.45, 2.75) is 0 Å². The van der Waals surface area contributed by atoms with Crippen LogP contribution in [0.4, 0.5) is 0 Å². The summed E-state index contributed by atoms with van der Waals surface area (Å²) < 4.78 is 0. The molecule has 0 saturated heterocycles. The number of carbonyl (C=O) groups excluding carboxylic acids is 2. The molecule has 1 aliphatic rings. The summed E-state index contributed by atoms with van der Waals surface area (Å²) >= 11 is 0. The summed E-state index contributed by atoms with van der Waals surface area (Å²) in [5.41, 5.74) is 10.4. The zero-order chi connectivity index (χ0) is 7.72. The Labute approximate surface area is 57.2 Å². The molecule has 52 valence electrons. The molecule has 0 fully saturated rings. The van der Waals surface area contributed by atoms with E-state index in [1.165, 1.54) is 6.08 Å². The Morgan fingerprint density at radius 2 is 1.70 bits per heavy atom. The van der Waals surface area contributed by atoms with Crippen LogP contribution in [0.15, 0.2) is 23.5 Å². The molecule has 0 radical (unpaired) electrons. The summed E-state index contributed by atoms with van der Waals surface area (Å²) in [4.78, 5) is 21.2. The van der Waals surface area contributed by atoms with Crippen molar-refractivity contribution < 1.29 is 9.59 Å². The van der Waals surface area contributed by atoms with Crippen LogP contribution < -0.4 is 11.5 Å². The molecule has 0 atom stereocenters. The lowest BCUT2D eigenvalue weighted by molar-refractivity contribution is -0.131. The van der Waals surface area contributed by atoms with Gasteiger partial charge in [-0.15, -0.1) is 0 Å². The van der Waals surface area contributed by atoms with Gasteiger partial charge in [0.05, 0.1) is 5.70 Å². The second kappa shape index (κ2) is 1.98. The first-order valence-electron chi connectivity index (χ1n) is 2.65. The molecule has 0 aliphatic heterocycles. The zero-order valence-corrected chi connectivity index (χ0v) is 5.13. The van der Waals surface area contributed by atoms with Crippen molar-refractivity contribution in [2.75, 3.05) is 0 Å². The van der Waals surface area contributed by atoms with Crippen LogP contribution in [0.3, 0.4) is 0 Å². The average Bonchev–Trinajstić information content (AvgIpc) is 1.93. The van der Waals surface area contributed by atoms with Gasteiger partial charge in [0.1, 0.15) is 5.70 Å². The first-order valence-corrected chi connectivity index (χ1v) is 2.65. The predicted molar refractivity (Wildman–Crippen MR) is 34.6 cm³/mol. The number of Topliss-reactive ketones (excluding diaryl/α,β-unsaturated/α-hetero) is 1. The van der Waals surface area contributed by atoms with Crippen molar-refractivity contribution in [2.24, 2.45) is 11.5 Å². The summed E-state index contributed by atoms with van der Waals surface area (Å²) in [5.74, 6) is -1.34. The van der Waals surface area contributed by atoms with Gasteiger partial charge >= 0.3 is 0 Å². The van der Waals surface area contributed by atoms with Gasteiger partial charge in [-0.2, -0.15) is 0 Å². The van der Waals surface area contributed by atoms with E-state index in [2.05, 4.69) is 0 Å². The van der Waals surface area contributed by atoms with Gasteiger partial charge in [0.2, 0.25) is 5.78 Å². The molecular formula is C6H6N2O2. The molecule has 0 spiro atoms. The van der Waals surface area contributed by atoms with Crippen LogP contribution in [-0.2, 0) is 9.59 Å². The van der Waals surface area contributed by atoms with Crippen molar-refractivity contribution in [1.82, 2.24) is 0 Å². The molecule has 0 amide bonds. The Balaban J connectivity index is 3.11. The third kappa shape index (κ3) is 0.793. The van der Waals surface area contributed by atoms with Gasteiger partial charge < -0.3 is 11.5 Å². The minimum Gasteiger partial charge on any atom is -0.397 e. The SMILES string of the molecule is NC1=C(N)C(=O)C(=O)C=C1. The van der Waals surface area contributed by atoms with Crippen LogP contribution >= 0.6 is 0 Å². The highest BCUT2D eigenvalue weighted by atomic mass is 16.2. The molecule has 0 unspecified atom stereocenters. The quantitative estimate of drug-likeness (QED) is 0.326. The summed E-state index contributed by atoms with van der Waals surface area (Å²) in [5, 5.41) is 0. The third-order valence-electron chi connectivity index (χ3n) is 1.19. The first-order chi connectivity index (χ1) is 4.63. The first kappa shape index (κ1) is 6.54. The fraction of sp³-hybridized carbons (Fsp3) is 0. The van der Waals surface area contributed by atoms with Crippen molar-refractivity contribution in [3.63, 3.8) is 0 Å². The number of hydrogen-bond donors (Lipinski definition) is 2. The Morgan fingerprint density at radius 3 is 2.20 bits per heavy atom. The molecule has 0 aromatic heterocycles. The lowest BCUT2D eigenvalue weighted by atomic mass is 10.1. The summed E-state index contributed by atoms with van der Waals surface area (Å²) in [6, 6.07) is 0. The highest BCUT2D eigenvalue weighted by Gasteiger charge is 2.19. The number of rotatable bonds is 0. The van der Waals surface area contributed by atoms with E-state index >= 15 is 0 Å². The summed E-state index contributed by atoms with van der Waals surface area (Å²) in [7, 11) is 0. The van der Waals surface area contributed by atoms with E-state index in [0.29, 0.717) is 0 Å². The van der Waals surface area contributed by atoms with Crippen LogP contribution in [0, 0.1) is 0 Å². The van der Waals surface area contributed by atoms with Gasteiger partial charge in [0, 0.05) is 0 Å². The van der Waals surface area contributed by atoms with E-state index in [1.54, 1.807) is 0 Å². The van der Waals surface area contributed by atoms with Crippen molar-refractivity contribution >= 4 is 11.6 Å². The second-order valence-electron chi connectivity index (χ2n) is 1.90. The van der Waals surface area contributed by atoms with Crippen LogP contribution in [0.1, 0.15) is 0 Å². The normalized spacial score (nSPS) is 18.4. The van der Waals surface area contributed by atoms with Crippen LogP contribution in [0.5, 0.6) is 0 Å². The number of hydrogen-bond acceptors (Lipinski definition) is 4. The fourth-order valence-corrected chi connectivity index (χ4v) is 0.595. The minimum atomic E-state index is -0.722. The Morgan fingerprint density at radius 1 is 1.10 bits per heavy atom. The van der Waals surface area contributed by atoms with Crippen LogP contribution in [0.2, 0.25) is 0 Å². The predicted octanol–water partition coefficient (Wildman–Crippen LogP) is -1.18. The standard InChI is InChI=1S/C6H6N2O2/c7-3-1-2-4(9)6(10)5(3)8/h1-2H,7-8H2. The molecule has 4 heteroatoms.